The third-order valence-corrected chi connectivity index (χ3v) is 2.44. The van der Waals surface area contributed by atoms with Crippen molar-refractivity contribution in [3.63, 3.8) is 0 Å². The van der Waals surface area contributed by atoms with Crippen molar-refractivity contribution in [3.05, 3.63) is 16.7 Å². The minimum Gasteiger partial charge on any atom is -0.324 e. The van der Waals surface area contributed by atoms with Gasteiger partial charge in [-0.15, -0.1) is 0 Å². The van der Waals surface area contributed by atoms with Gasteiger partial charge in [0.05, 0.1) is 12.2 Å². The van der Waals surface area contributed by atoms with Crippen molar-refractivity contribution in [2.24, 2.45) is 18.7 Å². The number of imidazole rings is 1. The molecule has 0 aliphatic carbocycles. The summed E-state index contributed by atoms with van der Waals surface area (Å²) in [6.07, 6.45) is 0.909. The van der Waals surface area contributed by atoms with Gasteiger partial charge in [0.1, 0.15) is 11.0 Å². The monoisotopic (exact) mass is 201 g/mol. The fraction of sp³-hybridized carbons (Fsp3) is 0.667. The Bertz CT molecular complexity index is 291. The van der Waals surface area contributed by atoms with Crippen LogP contribution in [0.5, 0.6) is 0 Å². The Labute approximate surface area is 83.9 Å². The van der Waals surface area contributed by atoms with Crippen LogP contribution in [0, 0.1) is 5.92 Å². The molecule has 0 aromatic carbocycles. The first-order valence-electron chi connectivity index (χ1n) is 4.46. The first-order valence-corrected chi connectivity index (χ1v) is 4.84. The molecule has 0 unspecified atom stereocenters. The van der Waals surface area contributed by atoms with Crippen LogP contribution in [0.25, 0.3) is 0 Å². The molecule has 1 aromatic heterocycles. The Morgan fingerprint density at radius 1 is 1.54 bits per heavy atom. The molecule has 0 bridgehead atoms. The Morgan fingerprint density at radius 2 is 2.15 bits per heavy atom. The number of halogens is 1. The van der Waals surface area contributed by atoms with Crippen molar-refractivity contribution in [1.82, 2.24) is 9.55 Å². The highest BCUT2D eigenvalue weighted by Gasteiger charge is 2.12. The SMILES string of the molecule is CC(C)Cc1nc(CN)n(C)c1Cl. The van der Waals surface area contributed by atoms with Crippen molar-refractivity contribution >= 4 is 11.6 Å². The van der Waals surface area contributed by atoms with Crippen LogP contribution in [0.15, 0.2) is 0 Å². The molecule has 74 valence electrons. The maximum Gasteiger partial charge on any atom is 0.131 e. The van der Waals surface area contributed by atoms with E-state index in [1.54, 1.807) is 0 Å². The van der Waals surface area contributed by atoms with E-state index in [0.29, 0.717) is 17.6 Å². The maximum atomic E-state index is 6.08. The molecule has 0 amide bonds. The van der Waals surface area contributed by atoms with Gasteiger partial charge in [0.15, 0.2) is 0 Å². The quantitative estimate of drug-likeness (QED) is 0.810. The average Bonchev–Trinajstić information content (AvgIpc) is 2.32. The third-order valence-electron chi connectivity index (χ3n) is 1.97. The van der Waals surface area contributed by atoms with Crippen LogP contribution >= 0.6 is 11.6 Å². The van der Waals surface area contributed by atoms with Crippen molar-refractivity contribution < 1.29 is 0 Å². The summed E-state index contributed by atoms with van der Waals surface area (Å²) >= 11 is 6.08. The molecule has 0 fully saturated rings. The molecule has 0 spiro atoms. The molecule has 4 heteroatoms. The summed E-state index contributed by atoms with van der Waals surface area (Å²) in [5.41, 5.74) is 6.48. The number of nitrogens with zero attached hydrogens (tertiary/aromatic N) is 2. The zero-order valence-corrected chi connectivity index (χ0v) is 9.10. The van der Waals surface area contributed by atoms with Crippen molar-refractivity contribution in [2.75, 3.05) is 0 Å². The highest BCUT2D eigenvalue weighted by Crippen LogP contribution is 2.19. The van der Waals surface area contributed by atoms with Gasteiger partial charge in [0, 0.05) is 7.05 Å². The molecule has 0 aliphatic heterocycles. The van der Waals surface area contributed by atoms with Gasteiger partial charge in [-0.2, -0.15) is 0 Å². The topological polar surface area (TPSA) is 43.8 Å². The molecule has 1 rings (SSSR count). The lowest BCUT2D eigenvalue weighted by atomic mass is 10.1. The summed E-state index contributed by atoms with van der Waals surface area (Å²) in [5, 5.41) is 0.717. The standard InChI is InChI=1S/C9H16ClN3/c1-6(2)4-7-9(10)13(3)8(5-11)12-7/h6H,4-5,11H2,1-3H3. The van der Waals surface area contributed by atoms with E-state index >= 15 is 0 Å². The van der Waals surface area contributed by atoms with Crippen LogP contribution in [-0.2, 0) is 20.0 Å². The van der Waals surface area contributed by atoms with Gasteiger partial charge in [-0.1, -0.05) is 25.4 Å². The van der Waals surface area contributed by atoms with Gasteiger partial charge >= 0.3 is 0 Å². The first-order chi connectivity index (χ1) is 6.06. The molecule has 0 radical (unpaired) electrons. The van der Waals surface area contributed by atoms with Crippen LogP contribution in [0.1, 0.15) is 25.4 Å². The fourth-order valence-corrected chi connectivity index (χ4v) is 1.50. The van der Waals surface area contributed by atoms with Gasteiger partial charge in [-0.3, -0.25) is 0 Å². The van der Waals surface area contributed by atoms with Gasteiger partial charge < -0.3 is 10.3 Å². The summed E-state index contributed by atoms with van der Waals surface area (Å²) in [5.74, 6) is 1.42. The fourth-order valence-electron chi connectivity index (χ4n) is 1.28. The van der Waals surface area contributed by atoms with E-state index in [9.17, 15) is 0 Å². The van der Waals surface area contributed by atoms with E-state index in [4.69, 9.17) is 17.3 Å². The van der Waals surface area contributed by atoms with Crippen LogP contribution in [0.4, 0.5) is 0 Å². The molecule has 1 aromatic rings. The van der Waals surface area contributed by atoms with E-state index in [1.165, 1.54) is 0 Å². The van der Waals surface area contributed by atoms with Crippen molar-refractivity contribution in [2.45, 2.75) is 26.8 Å². The number of rotatable bonds is 3. The lowest BCUT2D eigenvalue weighted by Crippen LogP contribution is -2.04. The molecule has 0 saturated heterocycles. The van der Waals surface area contributed by atoms with Crippen LogP contribution in [-0.4, -0.2) is 9.55 Å². The van der Waals surface area contributed by atoms with E-state index in [1.807, 2.05) is 11.6 Å². The molecule has 2 N–H and O–H groups in total. The molecule has 3 nitrogen and oxygen atoms in total. The number of hydrogen-bond acceptors (Lipinski definition) is 2. The van der Waals surface area contributed by atoms with Gasteiger partial charge in [-0.25, -0.2) is 4.98 Å². The summed E-state index contributed by atoms with van der Waals surface area (Å²) in [6.45, 7) is 4.73. The molecule has 0 aliphatic rings. The van der Waals surface area contributed by atoms with Gasteiger partial charge in [0.25, 0.3) is 0 Å². The van der Waals surface area contributed by atoms with Crippen LogP contribution < -0.4 is 5.73 Å². The van der Waals surface area contributed by atoms with Crippen molar-refractivity contribution in [1.29, 1.82) is 0 Å². The average molecular weight is 202 g/mol. The second-order valence-electron chi connectivity index (χ2n) is 3.63. The lowest BCUT2D eigenvalue weighted by molar-refractivity contribution is 0.636. The Balaban J connectivity index is 2.95. The molecule has 1 heterocycles. The predicted molar refractivity (Wildman–Crippen MR) is 54.7 cm³/mol. The highest BCUT2D eigenvalue weighted by molar-refractivity contribution is 6.30. The van der Waals surface area contributed by atoms with Gasteiger partial charge in [0.2, 0.25) is 0 Å². The minimum atomic E-state index is 0.439. The molecule has 0 saturated carbocycles. The maximum absolute atomic E-state index is 6.08. The van der Waals surface area contributed by atoms with E-state index < -0.39 is 0 Å². The third kappa shape index (κ3) is 2.23. The summed E-state index contributed by atoms with van der Waals surface area (Å²) in [4.78, 5) is 4.37. The van der Waals surface area contributed by atoms with Gasteiger partial charge in [-0.05, 0) is 12.3 Å². The summed E-state index contributed by atoms with van der Waals surface area (Å²) in [6, 6.07) is 0. The largest absolute Gasteiger partial charge is 0.324 e. The van der Waals surface area contributed by atoms with E-state index in [2.05, 4.69) is 18.8 Å². The molecule has 13 heavy (non-hydrogen) atoms. The highest BCUT2D eigenvalue weighted by atomic mass is 35.5. The number of aromatic nitrogens is 2. The van der Waals surface area contributed by atoms with Crippen molar-refractivity contribution in [3.8, 4) is 0 Å². The molecular formula is C9H16ClN3. The molecule has 0 atom stereocenters. The Hall–Kier alpha value is -0.540. The smallest absolute Gasteiger partial charge is 0.131 e. The van der Waals surface area contributed by atoms with E-state index in [-0.39, 0.29) is 0 Å². The molecular weight excluding hydrogens is 186 g/mol. The normalized spacial score (nSPS) is 11.2. The van der Waals surface area contributed by atoms with Crippen LogP contribution in [0.2, 0.25) is 5.15 Å². The summed E-state index contributed by atoms with van der Waals surface area (Å²) < 4.78 is 1.85. The zero-order chi connectivity index (χ0) is 10.0. The Kier molecular flexibility index (Phi) is 3.33. The minimum absolute atomic E-state index is 0.439. The van der Waals surface area contributed by atoms with Crippen LogP contribution in [0.3, 0.4) is 0 Å². The number of nitrogens with two attached hydrogens (primary N) is 1. The first kappa shape index (κ1) is 10.5. The predicted octanol–water partition coefficient (Wildman–Crippen LogP) is 1.73. The lowest BCUT2D eigenvalue weighted by Gasteiger charge is -2.01. The summed E-state index contributed by atoms with van der Waals surface area (Å²) in [7, 11) is 1.89. The Morgan fingerprint density at radius 3 is 2.54 bits per heavy atom. The second kappa shape index (κ2) is 4.11. The number of hydrogen-bond donors (Lipinski definition) is 1. The zero-order valence-electron chi connectivity index (χ0n) is 8.34. The van der Waals surface area contributed by atoms with E-state index in [0.717, 1.165) is 17.9 Å². The second-order valence-corrected chi connectivity index (χ2v) is 3.98.